The van der Waals surface area contributed by atoms with E-state index in [9.17, 15) is 0 Å². The highest BCUT2D eigenvalue weighted by molar-refractivity contribution is 4.98. The van der Waals surface area contributed by atoms with E-state index in [2.05, 4.69) is 42.8 Å². The average Bonchev–Trinajstić information content (AvgIpc) is 2.86. The Morgan fingerprint density at radius 2 is 1.11 bits per heavy atom. The van der Waals surface area contributed by atoms with Gasteiger partial charge in [0, 0.05) is 38.8 Å². The Morgan fingerprint density at radius 3 is 1.67 bits per heavy atom. The van der Waals surface area contributed by atoms with Crippen molar-refractivity contribution < 1.29 is 0 Å². The molecular weight excluding hydrogens is 438 g/mol. The van der Waals surface area contributed by atoms with Crippen LogP contribution in [0.5, 0.6) is 0 Å². The Balaban J connectivity index is 1.63. The Bertz CT molecular complexity index is 481. The van der Waals surface area contributed by atoms with Crippen LogP contribution < -0.4 is 5.32 Å². The van der Waals surface area contributed by atoms with Gasteiger partial charge in [0.25, 0.3) is 0 Å². The molecule has 2 fully saturated rings. The molecule has 0 saturated carbocycles. The molecule has 214 valence electrons. The first-order chi connectivity index (χ1) is 17.6. The lowest BCUT2D eigenvalue weighted by Gasteiger charge is -2.54. The fraction of sp³-hybridized carbons (Fsp3) is 1.00. The number of unbranched alkanes of at least 4 members (excludes halogenated alkanes) is 9. The van der Waals surface area contributed by atoms with Crippen LogP contribution in [0.4, 0.5) is 0 Å². The molecule has 1 spiro atoms. The van der Waals surface area contributed by atoms with Crippen molar-refractivity contribution in [3.05, 3.63) is 0 Å². The molecule has 2 rings (SSSR count). The Hall–Kier alpha value is -0.120. The van der Waals surface area contributed by atoms with E-state index in [4.69, 9.17) is 0 Å². The van der Waals surface area contributed by atoms with Gasteiger partial charge in [-0.25, -0.2) is 0 Å². The predicted molar refractivity (Wildman–Crippen MR) is 161 cm³/mol. The lowest BCUT2D eigenvalue weighted by Crippen LogP contribution is -2.61. The van der Waals surface area contributed by atoms with E-state index >= 15 is 0 Å². The summed E-state index contributed by atoms with van der Waals surface area (Å²) < 4.78 is 0. The largest absolute Gasteiger partial charge is 0.313 e. The topological polar surface area (TPSA) is 18.5 Å². The first kappa shape index (κ1) is 32.1. The van der Waals surface area contributed by atoms with Crippen molar-refractivity contribution in [1.29, 1.82) is 0 Å². The summed E-state index contributed by atoms with van der Waals surface area (Å²) in [6.45, 7) is 18.6. The molecule has 3 heteroatoms. The standard InChI is InChI=1S/C33H67N3/c1-5-9-13-17-19-31(18-14-10-6-2)28-35-25-22-33(23-26-35)29-36(30-33)27-24-34-32(20-15-11-7-3)21-16-12-8-4/h31-32,34H,5-30H2,1-4H3. The number of hydrogen-bond donors (Lipinski definition) is 1. The molecule has 36 heavy (non-hydrogen) atoms. The van der Waals surface area contributed by atoms with Gasteiger partial charge in [-0.2, -0.15) is 0 Å². The quantitative estimate of drug-likeness (QED) is 0.140. The van der Waals surface area contributed by atoms with Gasteiger partial charge in [0.2, 0.25) is 0 Å². The van der Waals surface area contributed by atoms with Crippen LogP contribution in [0, 0.1) is 11.3 Å². The second kappa shape index (κ2) is 19.9. The molecule has 0 aliphatic carbocycles. The van der Waals surface area contributed by atoms with Crippen LogP contribution in [0.25, 0.3) is 0 Å². The zero-order valence-electron chi connectivity index (χ0n) is 25.4. The van der Waals surface area contributed by atoms with E-state index in [1.807, 2.05) is 0 Å². The van der Waals surface area contributed by atoms with Gasteiger partial charge in [0.05, 0.1) is 0 Å². The van der Waals surface area contributed by atoms with Crippen molar-refractivity contribution in [3.63, 3.8) is 0 Å². The maximum Gasteiger partial charge on any atom is 0.0107 e. The maximum atomic E-state index is 3.95. The minimum Gasteiger partial charge on any atom is -0.313 e. The van der Waals surface area contributed by atoms with Crippen LogP contribution in [0.3, 0.4) is 0 Å². The predicted octanol–water partition coefficient (Wildman–Crippen LogP) is 8.67. The average molecular weight is 506 g/mol. The van der Waals surface area contributed by atoms with Crippen molar-refractivity contribution >= 4 is 0 Å². The van der Waals surface area contributed by atoms with Crippen molar-refractivity contribution in [2.75, 3.05) is 45.8 Å². The number of nitrogens with one attached hydrogen (secondary N) is 1. The molecule has 0 aromatic heterocycles. The van der Waals surface area contributed by atoms with E-state index in [1.54, 1.807) is 0 Å². The fourth-order valence-corrected chi connectivity index (χ4v) is 6.88. The monoisotopic (exact) mass is 506 g/mol. The molecule has 1 atom stereocenters. The third-order valence-electron chi connectivity index (χ3n) is 9.41. The van der Waals surface area contributed by atoms with Gasteiger partial charge in [0.1, 0.15) is 0 Å². The molecular formula is C33H67N3. The Morgan fingerprint density at radius 1 is 0.611 bits per heavy atom. The van der Waals surface area contributed by atoms with Crippen LogP contribution in [0.15, 0.2) is 0 Å². The van der Waals surface area contributed by atoms with Gasteiger partial charge in [-0.15, -0.1) is 0 Å². The minimum absolute atomic E-state index is 0.664. The summed E-state index contributed by atoms with van der Waals surface area (Å²) in [6.07, 6.45) is 26.8. The van der Waals surface area contributed by atoms with Crippen molar-refractivity contribution in [2.45, 2.75) is 156 Å². The summed E-state index contributed by atoms with van der Waals surface area (Å²) in [5.41, 5.74) is 0.664. The lowest BCUT2D eigenvalue weighted by molar-refractivity contribution is -0.0481. The zero-order chi connectivity index (χ0) is 25.9. The smallest absolute Gasteiger partial charge is 0.0107 e. The second-order valence-corrected chi connectivity index (χ2v) is 12.9. The summed E-state index contributed by atoms with van der Waals surface area (Å²) in [6, 6.07) is 0.758. The summed E-state index contributed by atoms with van der Waals surface area (Å²) in [5.74, 6) is 0.953. The number of rotatable bonds is 23. The molecule has 0 radical (unpaired) electrons. The molecule has 0 bridgehead atoms. The van der Waals surface area contributed by atoms with Gasteiger partial charge in [0.15, 0.2) is 0 Å². The highest BCUT2D eigenvalue weighted by Crippen LogP contribution is 2.40. The fourth-order valence-electron chi connectivity index (χ4n) is 6.88. The Kier molecular flexibility index (Phi) is 17.7. The molecule has 0 amide bonds. The summed E-state index contributed by atoms with van der Waals surface area (Å²) in [5, 5.41) is 3.95. The van der Waals surface area contributed by atoms with Crippen molar-refractivity contribution in [3.8, 4) is 0 Å². The van der Waals surface area contributed by atoms with Gasteiger partial charge in [-0.1, -0.05) is 111 Å². The number of nitrogens with zero attached hydrogens (tertiary/aromatic N) is 2. The van der Waals surface area contributed by atoms with E-state index in [-0.39, 0.29) is 0 Å². The lowest BCUT2D eigenvalue weighted by atomic mass is 9.72. The van der Waals surface area contributed by atoms with Gasteiger partial charge >= 0.3 is 0 Å². The zero-order valence-corrected chi connectivity index (χ0v) is 25.4. The van der Waals surface area contributed by atoms with Crippen LogP contribution >= 0.6 is 0 Å². The molecule has 2 saturated heterocycles. The van der Waals surface area contributed by atoms with E-state index in [0.29, 0.717) is 5.41 Å². The molecule has 3 nitrogen and oxygen atoms in total. The van der Waals surface area contributed by atoms with E-state index in [0.717, 1.165) is 12.0 Å². The summed E-state index contributed by atoms with van der Waals surface area (Å²) >= 11 is 0. The van der Waals surface area contributed by atoms with E-state index < -0.39 is 0 Å². The molecule has 0 aromatic carbocycles. The highest BCUT2D eigenvalue weighted by Gasteiger charge is 2.44. The van der Waals surface area contributed by atoms with Crippen LogP contribution in [-0.4, -0.2) is 61.7 Å². The molecule has 2 aliphatic heterocycles. The molecule has 1 N–H and O–H groups in total. The first-order valence-electron chi connectivity index (χ1n) is 16.8. The second-order valence-electron chi connectivity index (χ2n) is 12.9. The van der Waals surface area contributed by atoms with Gasteiger partial charge < -0.3 is 15.1 Å². The SMILES string of the molecule is CCCCCCC(CCCCC)CN1CCC2(CC1)CN(CCNC(CCCCC)CCCCC)C2. The normalized spacial score (nSPS) is 19.2. The van der Waals surface area contributed by atoms with Crippen LogP contribution in [0.2, 0.25) is 0 Å². The third kappa shape index (κ3) is 13.1. The van der Waals surface area contributed by atoms with Crippen molar-refractivity contribution in [1.82, 2.24) is 15.1 Å². The number of piperidine rings is 1. The Labute approximate surface area is 227 Å². The molecule has 1 unspecified atom stereocenters. The van der Waals surface area contributed by atoms with Crippen LogP contribution in [0.1, 0.15) is 150 Å². The summed E-state index contributed by atoms with van der Waals surface area (Å²) in [4.78, 5) is 5.60. The minimum atomic E-state index is 0.664. The van der Waals surface area contributed by atoms with Crippen LogP contribution in [-0.2, 0) is 0 Å². The number of hydrogen-bond acceptors (Lipinski definition) is 3. The van der Waals surface area contributed by atoms with Crippen molar-refractivity contribution in [2.24, 2.45) is 11.3 Å². The summed E-state index contributed by atoms with van der Waals surface area (Å²) in [7, 11) is 0. The molecule has 2 heterocycles. The van der Waals surface area contributed by atoms with Gasteiger partial charge in [-0.05, 0) is 62.9 Å². The first-order valence-corrected chi connectivity index (χ1v) is 16.8. The number of likely N-dealkylation sites (tertiary alicyclic amines) is 2. The highest BCUT2D eigenvalue weighted by atomic mass is 15.2. The maximum absolute atomic E-state index is 3.95. The van der Waals surface area contributed by atoms with E-state index in [1.165, 1.54) is 168 Å². The molecule has 2 aliphatic rings. The van der Waals surface area contributed by atoms with Gasteiger partial charge in [-0.3, -0.25) is 0 Å². The molecule has 0 aromatic rings. The third-order valence-corrected chi connectivity index (χ3v) is 9.41.